The topological polar surface area (TPSA) is 95.7 Å². The van der Waals surface area contributed by atoms with Crippen LogP contribution in [0.4, 0.5) is 17.6 Å². The smallest absolute Gasteiger partial charge is 0.475 e. The summed E-state index contributed by atoms with van der Waals surface area (Å²) >= 11 is 0. The quantitative estimate of drug-likeness (QED) is 0.683. The van der Waals surface area contributed by atoms with E-state index in [1.807, 2.05) is 18.2 Å². The van der Waals surface area contributed by atoms with E-state index in [1.54, 1.807) is 0 Å². The lowest BCUT2D eigenvalue weighted by atomic mass is 10.1. The Balaban J connectivity index is 0.000000360. The van der Waals surface area contributed by atoms with Gasteiger partial charge in [-0.3, -0.25) is 9.69 Å². The Morgan fingerprint density at radius 2 is 1.91 bits per heavy atom. The monoisotopic (exact) mass is 457 g/mol. The molecular weight excluding hydrogens is 434 g/mol. The fourth-order valence-corrected chi connectivity index (χ4v) is 3.63. The Hall–Kier alpha value is -2.95. The molecule has 4 rings (SSSR count). The summed E-state index contributed by atoms with van der Waals surface area (Å²) in [5, 5.41) is 9.96. The van der Waals surface area contributed by atoms with Crippen molar-refractivity contribution in [3.8, 4) is 0 Å². The van der Waals surface area contributed by atoms with Crippen molar-refractivity contribution >= 4 is 11.9 Å². The molecule has 2 aliphatic rings. The fourth-order valence-electron chi connectivity index (χ4n) is 3.63. The van der Waals surface area contributed by atoms with Crippen molar-refractivity contribution in [1.82, 2.24) is 15.2 Å². The van der Waals surface area contributed by atoms with E-state index in [0.717, 1.165) is 31.0 Å². The Morgan fingerprint density at radius 3 is 2.50 bits per heavy atom. The molecule has 1 saturated carbocycles. The van der Waals surface area contributed by atoms with Gasteiger partial charge in [-0.15, -0.1) is 0 Å². The number of nitrogens with zero attached hydrogens (tertiary/aromatic N) is 2. The van der Waals surface area contributed by atoms with Gasteiger partial charge in [-0.2, -0.15) is 13.2 Å². The highest BCUT2D eigenvalue weighted by atomic mass is 19.4. The van der Waals surface area contributed by atoms with E-state index in [-0.39, 0.29) is 17.8 Å². The number of amides is 1. The fraction of sp³-hybridized carbons (Fsp3) is 0.476. The second kappa shape index (κ2) is 10.1. The van der Waals surface area contributed by atoms with Gasteiger partial charge in [-0.1, -0.05) is 30.3 Å². The van der Waals surface area contributed by atoms with E-state index in [2.05, 4.69) is 27.3 Å². The van der Waals surface area contributed by atoms with Gasteiger partial charge in [-0.05, 0) is 24.8 Å². The molecule has 0 bridgehead atoms. The minimum atomic E-state index is -5.08. The van der Waals surface area contributed by atoms with Crippen molar-refractivity contribution in [2.45, 2.75) is 57.2 Å². The SMILES string of the molecule is O=C(N[C@@H]1CC[C@@H](F)C1)c1nc2c(o1)CCN(Cc1ccccc1)C2.O=C(O)C(F)(F)F. The van der Waals surface area contributed by atoms with Crippen molar-refractivity contribution in [2.75, 3.05) is 6.54 Å². The molecule has 1 aromatic heterocycles. The van der Waals surface area contributed by atoms with Gasteiger partial charge < -0.3 is 14.8 Å². The number of fused-ring (bicyclic) bond motifs is 1. The van der Waals surface area contributed by atoms with Crippen LogP contribution in [-0.2, 0) is 24.3 Å². The van der Waals surface area contributed by atoms with Gasteiger partial charge in [0.05, 0.1) is 5.69 Å². The summed E-state index contributed by atoms with van der Waals surface area (Å²) in [6.45, 7) is 2.41. The highest BCUT2D eigenvalue weighted by Crippen LogP contribution is 2.24. The van der Waals surface area contributed by atoms with E-state index in [9.17, 15) is 22.4 Å². The number of carboxylic acids is 1. The predicted octanol–water partition coefficient (Wildman–Crippen LogP) is 3.49. The summed E-state index contributed by atoms with van der Waals surface area (Å²) in [6.07, 6.45) is -3.57. The van der Waals surface area contributed by atoms with Gasteiger partial charge >= 0.3 is 18.1 Å². The highest BCUT2D eigenvalue weighted by Gasteiger charge is 2.38. The maximum absolute atomic E-state index is 13.2. The van der Waals surface area contributed by atoms with Gasteiger partial charge in [-0.25, -0.2) is 14.2 Å². The standard InChI is InChI=1S/C19H22FN3O2.C2HF3O2/c20-14-6-7-15(10-14)21-18(24)19-22-16-12-23(9-8-17(16)25-19)11-13-4-2-1-3-5-13;3-2(4,5)1(6)7/h1-5,14-15H,6-12H2,(H,21,24);(H,6,7)/t14-,15-;/m1./s1. The molecule has 2 atom stereocenters. The minimum Gasteiger partial charge on any atom is -0.475 e. The van der Waals surface area contributed by atoms with Crippen LogP contribution in [0.3, 0.4) is 0 Å². The first-order valence-electron chi connectivity index (χ1n) is 10.1. The van der Waals surface area contributed by atoms with E-state index in [1.165, 1.54) is 5.56 Å². The minimum absolute atomic E-state index is 0.105. The number of hydrogen-bond acceptors (Lipinski definition) is 5. The number of rotatable bonds is 4. The van der Waals surface area contributed by atoms with Crippen molar-refractivity contribution in [1.29, 1.82) is 0 Å². The zero-order valence-corrected chi connectivity index (χ0v) is 17.1. The van der Waals surface area contributed by atoms with Crippen molar-refractivity contribution < 1.29 is 36.7 Å². The van der Waals surface area contributed by atoms with E-state index >= 15 is 0 Å². The summed E-state index contributed by atoms with van der Waals surface area (Å²) in [7, 11) is 0. The average molecular weight is 457 g/mol. The van der Waals surface area contributed by atoms with Crippen LogP contribution in [0.25, 0.3) is 0 Å². The predicted molar refractivity (Wildman–Crippen MR) is 104 cm³/mol. The summed E-state index contributed by atoms with van der Waals surface area (Å²) in [6, 6.07) is 10.2. The molecule has 0 radical (unpaired) electrons. The molecule has 1 aromatic carbocycles. The molecule has 2 heterocycles. The summed E-state index contributed by atoms with van der Waals surface area (Å²) < 4.78 is 50.6. The number of carboxylic acid groups (broad SMARTS) is 1. The molecular formula is C21H23F4N3O4. The van der Waals surface area contributed by atoms with Crippen LogP contribution in [0.1, 0.15) is 47.0 Å². The maximum atomic E-state index is 13.2. The molecule has 1 fully saturated rings. The zero-order valence-electron chi connectivity index (χ0n) is 17.1. The van der Waals surface area contributed by atoms with E-state index in [4.69, 9.17) is 14.3 Å². The van der Waals surface area contributed by atoms with E-state index in [0.29, 0.717) is 25.8 Å². The summed E-state index contributed by atoms with van der Waals surface area (Å²) in [5.74, 6) is -2.19. The lowest BCUT2D eigenvalue weighted by Gasteiger charge is -2.24. The zero-order chi connectivity index (χ0) is 23.3. The Kier molecular flexibility index (Phi) is 7.49. The molecule has 1 aliphatic carbocycles. The van der Waals surface area contributed by atoms with Crippen LogP contribution in [0.5, 0.6) is 0 Å². The molecule has 1 aliphatic heterocycles. The molecule has 32 heavy (non-hydrogen) atoms. The van der Waals surface area contributed by atoms with Crippen LogP contribution in [-0.4, -0.2) is 51.8 Å². The number of carbonyl (C=O) groups is 2. The van der Waals surface area contributed by atoms with Crippen molar-refractivity contribution in [2.24, 2.45) is 0 Å². The first-order valence-corrected chi connectivity index (χ1v) is 10.1. The number of aliphatic carboxylic acids is 1. The van der Waals surface area contributed by atoms with Gasteiger partial charge in [0, 0.05) is 32.1 Å². The molecule has 0 spiro atoms. The van der Waals surface area contributed by atoms with Crippen molar-refractivity contribution in [3.63, 3.8) is 0 Å². The number of halogens is 4. The summed E-state index contributed by atoms with van der Waals surface area (Å²) in [5.41, 5.74) is 2.09. The number of alkyl halides is 4. The van der Waals surface area contributed by atoms with Gasteiger partial charge in [0.1, 0.15) is 11.9 Å². The number of nitrogens with one attached hydrogen (secondary N) is 1. The Bertz CT molecular complexity index is 933. The maximum Gasteiger partial charge on any atom is 0.490 e. The first kappa shape index (κ1) is 23.7. The second-order valence-electron chi connectivity index (χ2n) is 7.72. The van der Waals surface area contributed by atoms with Gasteiger partial charge in [0.25, 0.3) is 5.89 Å². The van der Waals surface area contributed by atoms with Crippen LogP contribution in [0.15, 0.2) is 34.7 Å². The lowest BCUT2D eigenvalue weighted by molar-refractivity contribution is -0.192. The summed E-state index contributed by atoms with van der Waals surface area (Å²) in [4.78, 5) is 27.9. The highest BCUT2D eigenvalue weighted by molar-refractivity contribution is 5.90. The number of carbonyl (C=O) groups excluding carboxylic acids is 1. The van der Waals surface area contributed by atoms with E-state index < -0.39 is 18.3 Å². The third-order valence-electron chi connectivity index (χ3n) is 5.20. The molecule has 174 valence electrons. The number of hydrogen-bond donors (Lipinski definition) is 2. The Labute approximate surface area is 181 Å². The van der Waals surface area contributed by atoms with Gasteiger partial charge in [0.2, 0.25) is 0 Å². The largest absolute Gasteiger partial charge is 0.490 e. The van der Waals surface area contributed by atoms with Gasteiger partial charge in [0.15, 0.2) is 0 Å². The normalized spacial score (nSPS) is 20.8. The van der Waals surface area contributed by atoms with Crippen LogP contribution >= 0.6 is 0 Å². The molecule has 0 saturated heterocycles. The second-order valence-corrected chi connectivity index (χ2v) is 7.72. The third-order valence-corrected chi connectivity index (χ3v) is 5.20. The molecule has 2 N–H and O–H groups in total. The molecule has 1 amide bonds. The molecule has 0 unspecified atom stereocenters. The number of aromatic nitrogens is 1. The van der Waals surface area contributed by atoms with Crippen LogP contribution in [0.2, 0.25) is 0 Å². The van der Waals surface area contributed by atoms with Crippen molar-refractivity contribution in [3.05, 3.63) is 53.2 Å². The lowest BCUT2D eigenvalue weighted by Crippen LogP contribution is -2.33. The molecule has 11 heteroatoms. The Morgan fingerprint density at radius 1 is 1.22 bits per heavy atom. The van der Waals surface area contributed by atoms with Crippen LogP contribution < -0.4 is 5.32 Å². The molecule has 7 nitrogen and oxygen atoms in total. The van der Waals surface area contributed by atoms with Crippen LogP contribution in [0, 0.1) is 0 Å². The number of benzene rings is 1. The molecule has 2 aromatic rings. The third kappa shape index (κ3) is 6.52. The average Bonchev–Trinajstić information content (AvgIpc) is 3.34. The first-order chi connectivity index (χ1) is 15.1. The number of oxazole rings is 1.